The first kappa shape index (κ1) is 41.9. The zero-order chi connectivity index (χ0) is 44.5. The van der Waals surface area contributed by atoms with Crippen LogP contribution in [-0.2, 0) is 5.41 Å². The minimum atomic E-state index is -0.207. The van der Waals surface area contributed by atoms with Gasteiger partial charge in [-0.25, -0.2) is 0 Å². The standard InChI is InChI=1S/C65H58O/c1-3-5-7-9-11-13-39-65(40-14-12-10-8-6-4-2)57-25-17-23-51(29-27-45-41-53-35-31-47-19-15-20-48-32-36-54(42-45)61(53)59(47)48)63(57)66-64-52(24-18-26-58(64)65)30-28-46-43-55-37-33-49-21-16-22-50-34-38-56(44-46)62(55)60(49)50/h15-26,31-38,41-44H,3-14,39-40H2,1-2H3. The van der Waals surface area contributed by atoms with Crippen molar-refractivity contribution in [1.82, 2.24) is 0 Å². The maximum atomic E-state index is 7.31. The molecule has 0 saturated heterocycles. The number of benzene rings is 10. The maximum absolute atomic E-state index is 7.31. The second-order valence-corrected chi connectivity index (χ2v) is 19.1. The lowest BCUT2D eigenvalue weighted by molar-refractivity contribution is 0.335. The monoisotopic (exact) mass is 854 g/mol. The molecule has 0 fully saturated rings. The molecule has 1 aliphatic heterocycles. The highest BCUT2D eigenvalue weighted by Gasteiger charge is 2.42. The summed E-state index contributed by atoms with van der Waals surface area (Å²) in [5.74, 6) is 16.5. The van der Waals surface area contributed by atoms with Gasteiger partial charge in [0.05, 0.1) is 11.1 Å². The second-order valence-electron chi connectivity index (χ2n) is 19.1. The van der Waals surface area contributed by atoms with Crippen molar-refractivity contribution in [3.8, 4) is 35.2 Å². The van der Waals surface area contributed by atoms with E-state index in [1.165, 1.54) is 153 Å². The van der Waals surface area contributed by atoms with Gasteiger partial charge in [-0.15, -0.1) is 0 Å². The van der Waals surface area contributed by atoms with Crippen LogP contribution >= 0.6 is 0 Å². The molecule has 1 heteroatoms. The van der Waals surface area contributed by atoms with Crippen molar-refractivity contribution in [3.05, 3.63) is 179 Å². The molecule has 1 aliphatic rings. The lowest BCUT2D eigenvalue weighted by Crippen LogP contribution is -2.32. The largest absolute Gasteiger partial charge is 0.454 e. The van der Waals surface area contributed by atoms with E-state index < -0.39 is 0 Å². The second kappa shape index (κ2) is 18.2. The van der Waals surface area contributed by atoms with E-state index in [0.717, 1.165) is 46.6 Å². The molecule has 10 aromatic rings. The van der Waals surface area contributed by atoms with E-state index in [1.54, 1.807) is 0 Å². The molecule has 0 N–H and O–H groups in total. The van der Waals surface area contributed by atoms with Gasteiger partial charge in [0, 0.05) is 27.7 Å². The summed E-state index contributed by atoms with van der Waals surface area (Å²) >= 11 is 0. The Balaban J connectivity index is 1.02. The number of hydrogen-bond donors (Lipinski definition) is 0. The Hall–Kier alpha value is -6.80. The summed E-state index contributed by atoms with van der Waals surface area (Å²) in [7, 11) is 0. The van der Waals surface area contributed by atoms with E-state index in [0.29, 0.717) is 0 Å². The molecular weight excluding hydrogens is 797 g/mol. The molecule has 324 valence electrons. The van der Waals surface area contributed by atoms with Gasteiger partial charge < -0.3 is 4.74 Å². The number of para-hydroxylation sites is 2. The Kier molecular flexibility index (Phi) is 11.6. The van der Waals surface area contributed by atoms with Crippen LogP contribution < -0.4 is 4.74 Å². The van der Waals surface area contributed by atoms with Crippen LogP contribution in [0.4, 0.5) is 0 Å². The third-order valence-electron chi connectivity index (χ3n) is 14.8. The first-order valence-electron chi connectivity index (χ1n) is 25.0. The zero-order valence-corrected chi connectivity index (χ0v) is 38.7. The van der Waals surface area contributed by atoms with Crippen LogP contribution in [0.2, 0.25) is 0 Å². The molecule has 1 nitrogen and oxygen atoms in total. The molecule has 66 heavy (non-hydrogen) atoms. The van der Waals surface area contributed by atoms with Crippen LogP contribution in [0.25, 0.3) is 64.6 Å². The summed E-state index contributed by atoms with van der Waals surface area (Å²) in [6, 6.07) is 53.7. The van der Waals surface area contributed by atoms with Gasteiger partial charge in [-0.2, -0.15) is 0 Å². The molecule has 0 spiro atoms. The van der Waals surface area contributed by atoms with Crippen LogP contribution in [0.15, 0.2) is 146 Å². The van der Waals surface area contributed by atoms with Gasteiger partial charge in [0.25, 0.3) is 0 Å². The first-order valence-corrected chi connectivity index (χ1v) is 25.0. The summed E-state index contributed by atoms with van der Waals surface area (Å²) < 4.78 is 7.31. The number of ether oxygens (including phenoxy) is 1. The average Bonchev–Trinajstić information content (AvgIpc) is 3.35. The molecule has 0 amide bonds. The summed E-state index contributed by atoms with van der Waals surface area (Å²) in [6.45, 7) is 4.61. The molecular formula is C65H58O. The maximum Gasteiger partial charge on any atom is 0.147 e. The van der Waals surface area contributed by atoms with E-state index in [-0.39, 0.29) is 5.41 Å². The Morgan fingerprint density at radius 1 is 0.348 bits per heavy atom. The van der Waals surface area contributed by atoms with E-state index in [2.05, 4.69) is 183 Å². The van der Waals surface area contributed by atoms with Crippen LogP contribution in [0.1, 0.15) is 137 Å². The summed E-state index contributed by atoms with van der Waals surface area (Å²) in [4.78, 5) is 0. The fourth-order valence-corrected chi connectivity index (χ4v) is 11.5. The minimum Gasteiger partial charge on any atom is -0.454 e. The van der Waals surface area contributed by atoms with Crippen LogP contribution in [0.3, 0.4) is 0 Å². The predicted molar refractivity (Wildman–Crippen MR) is 282 cm³/mol. The van der Waals surface area contributed by atoms with E-state index in [1.807, 2.05) is 0 Å². The van der Waals surface area contributed by atoms with Crippen molar-refractivity contribution in [2.24, 2.45) is 0 Å². The summed E-state index contributed by atoms with van der Waals surface area (Å²) in [5, 5.41) is 15.3. The van der Waals surface area contributed by atoms with Gasteiger partial charge in [-0.3, -0.25) is 0 Å². The highest BCUT2D eigenvalue weighted by atomic mass is 16.5. The van der Waals surface area contributed by atoms with Crippen LogP contribution in [0, 0.1) is 23.7 Å². The smallest absolute Gasteiger partial charge is 0.147 e. The lowest BCUT2D eigenvalue weighted by atomic mass is 9.65. The summed E-state index contributed by atoms with van der Waals surface area (Å²) in [5.41, 5.74) is 6.27. The number of fused-ring (bicyclic) bond motifs is 2. The molecule has 10 aromatic carbocycles. The number of hydrogen-bond acceptors (Lipinski definition) is 1. The molecule has 11 rings (SSSR count). The number of rotatable bonds is 14. The molecule has 0 bridgehead atoms. The fourth-order valence-electron chi connectivity index (χ4n) is 11.5. The molecule has 0 unspecified atom stereocenters. The highest BCUT2D eigenvalue weighted by Crippen LogP contribution is 2.55. The highest BCUT2D eigenvalue weighted by molar-refractivity contribution is 6.24. The minimum absolute atomic E-state index is 0.207. The van der Waals surface area contributed by atoms with Crippen molar-refractivity contribution in [3.63, 3.8) is 0 Å². The lowest BCUT2D eigenvalue weighted by Gasteiger charge is -2.41. The molecule has 1 heterocycles. The van der Waals surface area contributed by atoms with E-state index in [9.17, 15) is 0 Å². The van der Waals surface area contributed by atoms with Crippen LogP contribution in [-0.4, -0.2) is 0 Å². The zero-order valence-electron chi connectivity index (χ0n) is 38.7. The Morgan fingerprint density at radius 3 is 1.08 bits per heavy atom. The topological polar surface area (TPSA) is 9.23 Å². The Bertz CT molecular complexity index is 3150. The van der Waals surface area contributed by atoms with E-state index >= 15 is 0 Å². The van der Waals surface area contributed by atoms with Crippen molar-refractivity contribution >= 4 is 64.6 Å². The normalized spacial score (nSPS) is 12.9. The molecule has 0 saturated carbocycles. The average molecular weight is 855 g/mol. The van der Waals surface area contributed by atoms with Crippen molar-refractivity contribution in [2.75, 3.05) is 0 Å². The quantitative estimate of drug-likeness (QED) is 0.0601. The van der Waals surface area contributed by atoms with Gasteiger partial charge in [-0.05, 0) is 114 Å². The van der Waals surface area contributed by atoms with Gasteiger partial charge in [0.2, 0.25) is 0 Å². The van der Waals surface area contributed by atoms with Crippen LogP contribution in [0.5, 0.6) is 11.5 Å². The Morgan fingerprint density at radius 2 is 0.682 bits per heavy atom. The summed E-state index contributed by atoms with van der Waals surface area (Å²) in [6.07, 6.45) is 17.3. The Labute approximate surface area is 390 Å². The van der Waals surface area contributed by atoms with Crippen molar-refractivity contribution in [2.45, 2.75) is 109 Å². The number of unbranched alkanes of at least 4 members (excludes halogenated alkanes) is 10. The van der Waals surface area contributed by atoms with Crippen molar-refractivity contribution < 1.29 is 4.74 Å². The molecule has 0 atom stereocenters. The fraction of sp³-hybridized carbons (Fsp3) is 0.262. The first-order chi connectivity index (χ1) is 32.6. The predicted octanol–water partition coefficient (Wildman–Crippen LogP) is 18.2. The van der Waals surface area contributed by atoms with Gasteiger partial charge in [-0.1, -0.05) is 224 Å². The SMILES string of the molecule is CCCCCCCCC1(CCCCCCCC)c2cccc(C#Cc3cc4ccc5cccc6ccc(c3)c4c56)c2Oc2c(C#Cc3cc4ccc5cccc6ccc(c3)c4c56)cccc21. The third kappa shape index (κ3) is 7.70. The van der Waals surface area contributed by atoms with E-state index in [4.69, 9.17) is 4.74 Å². The van der Waals surface area contributed by atoms with Crippen molar-refractivity contribution in [1.29, 1.82) is 0 Å². The third-order valence-corrected chi connectivity index (χ3v) is 14.8. The van der Waals surface area contributed by atoms with Gasteiger partial charge in [0.1, 0.15) is 11.5 Å². The molecule has 0 aliphatic carbocycles. The molecule has 0 radical (unpaired) electrons. The van der Waals surface area contributed by atoms with Gasteiger partial charge in [0.15, 0.2) is 0 Å². The van der Waals surface area contributed by atoms with Gasteiger partial charge >= 0.3 is 0 Å². The molecule has 0 aromatic heterocycles.